The monoisotopic (exact) mass is 396 g/mol. The van der Waals surface area contributed by atoms with E-state index in [2.05, 4.69) is 15.5 Å². The van der Waals surface area contributed by atoms with Crippen molar-refractivity contribution in [3.05, 3.63) is 46.6 Å². The Kier molecular flexibility index (Phi) is 6.20. The molecule has 0 bridgehead atoms. The molecular formula is C17H21ClN4O3S. The summed E-state index contributed by atoms with van der Waals surface area (Å²) in [5.74, 6) is 0.311. The van der Waals surface area contributed by atoms with Crippen LogP contribution in [0.15, 0.2) is 35.4 Å². The SMILES string of the molecule is CC(C)c1cccc(C(C)C)c1NC(=O)NS(=O)(=O)c1ccc(Cl)nn1. The van der Waals surface area contributed by atoms with Gasteiger partial charge in [-0.15, -0.1) is 10.2 Å². The zero-order chi connectivity index (χ0) is 19.5. The van der Waals surface area contributed by atoms with Crippen LogP contribution in [0.5, 0.6) is 0 Å². The molecule has 2 N–H and O–H groups in total. The average molecular weight is 397 g/mol. The number of carbonyl (C=O) groups excluding carboxylic acids is 1. The van der Waals surface area contributed by atoms with Crippen molar-refractivity contribution in [3.8, 4) is 0 Å². The lowest BCUT2D eigenvalue weighted by Gasteiger charge is -2.20. The Labute approximate surface area is 158 Å². The second-order valence-corrected chi connectivity index (χ2v) is 8.39. The topological polar surface area (TPSA) is 101 Å². The molecule has 0 saturated carbocycles. The first-order valence-corrected chi connectivity index (χ1v) is 9.93. The minimum atomic E-state index is -4.16. The fourth-order valence-corrected chi connectivity index (χ4v) is 3.35. The van der Waals surface area contributed by atoms with E-state index >= 15 is 0 Å². The molecule has 140 valence electrons. The molecule has 0 aliphatic carbocycles. The number of aromatic nitrogens is 2. The summed E-state index contributed by atoms with van der Waals surface area (Å²) in [4.78, 5) is 12.3. The van der Waals surface area contributed by atoms with Crippen molar-refractivity contribution in [2.75, 3.05) is 5.32 Å². The van der Waals surface area contributed by atoms with Gasteiger partial charge in [0.05, 0.1) is 0 Å². The smallest absolute Gasteiger partial charge is 0.307 e. The van der Waals surface area contributed by atoms with Crippen LogP contribution in [-0.2, 0) is 10.0 Å². The molecular weight excluding hydrogens is 376 g/mol. The quantitative estimate of drug-likeness (QED) is 0.798. The number of urea groups is 1. The van der Waals surface area contributed by atoms with E-state index in [0.29, 0.717) is 5.69 Å². The molecule has 0 spiro atoms. The Balaban J connectivity index is 2.29. The predicted octanol–water partition coefficient (Wildman–Crippen LogP) is 3.89. The number of rotatable bonds is 5. The number of halogens is 1. The third-order valence-electron chi connectivity index (χ3n) is 3.72. The van der Waals surface area contributed by atoms with E-state index in [0.717, 1.165) is 11.1 Å². The lowest BCUT2D eigenvalue weighted by molar-refractivity contribution is 0.256. The van der Waals surface area contributed by atoms with Crippen molar-refractivity contribution in [3.63, 3.8) is 0 Å². The number of sulfonamides is 1. The standard InChI is InChI=1S/C17H21ClN4O3S/c1-10(2)12-6-5-7-13(11(3)4)16(12)19-17(23)22-26(24,25)15-9-8-14(18)20-21-15/h5-11H,1-4H3,(H2,19,22,23). The predicted molar refractivity (Wildman–Crippen MR) is 101 cm³/mol. The van der Waals surface area contributed by atoms with Crippen LogP contribution in [0.3, 0.4) is 0 Å². The van der Waals surface area contributed by atoms with Gasteiger partial charge in [-0.1, -0.05) is 57.5 Å². The van der Waals surface area contributed by atoms with E-state index < -0.39 is 21.1 Å². The highest BCUT2D eigenvalue weighted by atomic mass is 35.5. The molecule has 2 aromatic rings. The number of anilines is 1. The number of hydrogen-bond acceptors (Lipinski definition) is 5. The van der Waals surface area contributed by atoms with Gasteiger partial charge in [0, 0.05) is 5.69 Å². The molecule has 0 radical (unpaired) electrons. The molecule has 9 heteroatoms. The van der Waals surface area contributed by atoms with E-state index in [1.807, 2.05) is 50.6 Å². The Morgan fingerprint density at radius 3 is 2.04 bits per heavy atom. The minimum Gasteiger partial charge on any atom is -0.307 e. The summed E-state index contributed by atoms with van der Waals surface area (Å²) in [5.41, 5.74) is 2.47. The molecule has 1 heterocycles. The summed E-state index contributed by atoms with van der Waals surface area (Å²) < 4.78 is 26.5. The Hall–Kier alpha value is -2.19. The molecule has 1 aromatic carbocycles. The lowest BCUT2D eigenvalue weighted by atomic mass is 9.93. The number of nitrogens with zero attached hydrogens (tertiary/aromatic N) is 2. The first-order chi connectivity index (χ1) is 12.1. The zero-order valence-corrected chi connectivity index (χ0v) is 16.5. The number of para-hydroxylation sites is 1. The van der Waals surface area contributed by atoms with Crippen molar-refractivity contribution < 1.29 is 13.2 Å². The highest BCUT2D eigenvalue weighted by molar-refractivity contribution is 7.90. The first kappa shape index (κ1) is 20.1. The summed E-state index contributed by atoms with van der Waals surface area (Å²) in [6.07, 6.45) is 0. The van der Waals surface area contributed by atoms with Crippen LogP contribution >= 0.6 is 11.6 Å². The van der Waals surface area contributed by atoms with Crippen LogP contribution in [0, 0.1) is 0 Å². The zero-order valence-electron chi connectivity index (χ0n) is 14.9. The molecule has 0 fully saturated rings. The highest BCUT2D eigenvalue weighted by Crippen LogP contribution is 2.32. The summed E-state index contributed by atoms with van der Waals surface area (Å²) in [6.45, 7) is 8.01. The molecule has 1 aromatic heterocycles. The maximum Gasteiger partial charge on any atom is 0.333 e. The van der Waals surface area contributed by atoms with Crippen molar-refractivity contribution in [2.45, 2.75) is 44.6 Å². The normalized spacial score (nSPS) is 11.7. The largest absolute Gasteiger partial charge is 0.333 e. The van der Waals surface area contributed by atoms with E-state index in [1.165, 1.54) is 12.1 Å². The van der Waals surface area contributed by atoms with Gasteiger partial charge in [-0.2, -0.15) is 8.42 Å². The Bertz CT molecular complexity index is 870. The molecule has 0 aliphatic heterocycles. The van der Waals surface area contributed by atoms with Crippen molar-refractivity contribution in [1.82, 2.24) is 14.9 Å². The molecule has 2 amide bonds. The number of amides is 2. The minimum absolute atomic E-state index is 0.0563. The number of carbonyl (C=O) groups is 1. The van der Waals surface area contributed by atoms with Crippen molar-refractivity contribution in [1.29, 1.82) is 0 Å². The van der Waals surface area contributed by atoms with Gasteiger partial charge in [-0.25, -0.2) is 9.52 Å². The number of nitrogens with one attached hydrogen (secondary N) is 2. The number of hydrogen-bond donors (Lipinski definition) is 2. The second-order valence-electron chi connectivity index (χ2n) is 6.37. The third kappa shape index (κ3) is 4.70. The van der Waals surface area contributed by atoms with Crippen LogP contribution in [0.1, 0.15) is 50.7 Å². The van der Waals surface area contributed by atoms with Crippen LogP contribution < -0.4 is 10.0 Å². The summed E-state index contributed by atoms with van der Waals surface area (Å²) in [5, 5.41) is 9.31. The molecule has 7 nitrogen and oxygen atoms in total. The van der Waals surface area contributed by atoms with Crippen molar-refractivity contribution >= 4 is 33.3 Å². The van der Waals surface area contributed by atoms with E-state index in [4.69, 9.17) is 11.6 Å². The maximum atomic E-state index is 12.3. The van der Waals surface area contributed by atoms with Gasteiger partial charge in [-0.05, 0) is 35.1 Å². The van der Waals surface area contributed by atoms with Crippen LogP contribution in [-0.4, -0.2) is 24.6 Å². The molecule has 2 rings (SSSR count). The van der Waals surface area contributed by atoms with E-state index in [9.17, 15) is 13.2 Å². The summed E-state index contributed by atoms with van der Waals surface area (Å²) >= 11 is 5.60. The third-order valence-corrected chi connectivity index (χ3v) is 5.15. The Morgan fingerprint density at radius 2 is 1.58 bits per heavy atom. The summed E-state index contributed by atoms with van der Waals surface area (Å²) in [7, 11) is -4.16. The molecule has 0 atom stereocenters. The van der Waals surface area contributed by atoms with Gasteiger partial charge in [0.15, 0.2) is 10.2 Å². The fourth-order valence-electron chi connectivity index (χ4n) is 2.46. The van der Waals surface area contributed by atoms with Gasteiger partial charge < -0.3 is 5.32 Å². The van der Waals surface area contributed by atoms with Crippen LogP contribution in [0.2, 0.25) is 5.15 Å². The van der Waals surface area contributed by atoms with E-state index in [-0.39, 0.29) is 17.0 Å². The van der Waals surface area contributed by atoms with Gasteiger partial charge >= 0.3 is 6.03 Å². The summed E-state index contributed by atoms with van der Waals surface area (Å²) in [6, 6.07) is 7.33. The van der Waals surface area contributed by atoms with E-state index in [1.54, 1.807) is 0 Å². The molecule has 26 heavy (non-hydrogen) atoms. The van der Waals surface area contributed by atoms with Gasteiger partial charge in [-0.3, -0.25) is 0 Å². The fraction of sp³-hybridized carbons (Fsp3) is 0.353. The highest BCUT2D eigenvalue weighted by Gasteiger charge is 2.22. The second kappa shape index (κ2) is 8.01. The number of benzene rings is 1. The van der Waals surface area contributed by atoms with Gasteiger partial charge in [0.1, 0.15) is 0 Å². The Morgan fingerprint density at radius 1 is 1.00 bits per heavy atom. The molecule has 0 aliphatic rings. The van der Waals surface area contributed by atoms with Gasteiger partial charge in [0.2, 0.25) is 0 Å². The van der Waals surface area contributed by atoms with Crippen molar-refractivity contribution in [2.24, 2.45) is 0 Å². The van der Waals surface area contributed by atoms with Gasteiger partial charge in [0.25, 0.3) is 10.0 Å². The first-order valence-electron chi connectivity index (χ1n) is 8.07. The average Bonchev–Trinajstić information content (AvgIpc) is 2.54. The van der Waals surface area contributed by atoms with Crippen LogP contribution in [0.4, 0.5) is 10.5 Å². The maximum absolute atomic E-state index is 12.3. The van der Waals surface area contributed by atoms with Crippen LogP contribution in [0.25, 0.3) is 0 Å². The molecule has 0 unspecified atom stereocenters. The lowest BCUT2D eigenvalue weighted by Crippen LogP contribution is -2.35. The molecule has 0 saturated heterocycles.